The van der Waals surface area contributed by atoms with Gasteiger partial charge in [-0.1, -0.05) is 18.2 Å². The minimum Gasteiger partial charge on any atom is -0.340 e. The Hall–Kier alpha value is -3.48. The van der Waals surface area contributed by atoms with Crippen LogP contribution in [0.3, 0.4) is 0 Å². The monoisotopic (exact) mass is 338 g/mol. The van der Waals surface area contributed by atoms with Gasteiger partial charge in [-0.25, -0.2) is 9.37 Å². The van der Waals surface area contributed by atoms with Crippen LogP contribution in [-0.4, -0.2) is 21.8 Å². The second-order valence-corrected chi connectivity index (χ2v) is 5.36. The Morgan fingerprint density at radius 2 is 1.72 bits per heavy atom. The largest absolute Gasteiger partial charge is 0.340 e. The lowest BCUT2D eigenvalue weighted by Crippen LogP contribution is -2.20. The topological polar surface area (TPSA) is 86.9 Å². The van der Waals surface area contributed by atoms with E-state index in [1.165, 1.54) is 30.6 Å². The first-order valence-electron chi connectivity index (χ1n) is 7.52. The summed E-state index contributed by atoms with van der Waals surface area (Å²) in [6.07, 6.45) is 1.27. The molecule has 126 valence electrons. The van der Waals surface area contributed by atoms with Crippen molar-refractivity contribution in [2.24, 2.45) is 0 Å². The molecular weight excluding hydrogens is 323 g/mol. The quantitative estimate of drug-likeness (QED) is 0.682. The number of anilines is 2. The minimum atomic E-state index is -0.567. The molecule has 0 aliphatic carbocycles. The standard InChI is InChI=1S/C18H15FN4O2/c1-11-4-2-3-5-14(11)23-18(25)16-15(20-10-21-16)17(24)22-13-8-6-12(19)7-9-13/h2-10H,1H3,(H,20,21)(H,22,24)(H,23,25). The van der Waals surface area contributed by atoms with Gasteiger partial charge >= 0.3 is 0 Å². The summed E-state index contributed by atoms with van der Waals surface area (Å²) in [5.74, 6) is -1.45. The van der Waals surface area contributed by atoms with Gasteiger partial charge in [-0.05, 0) is 42.8 Å². The number of H-pyrrole nitrogens is 1. The number of carbonyl (C=O) groups is 2. The maximum absolute atomic E-state index is 12.9. The Morgan fingerprint density at radius 1 is 1.00 bits per heavy atom. The van der Waals surface area contributed by atoms with Crippen molar-refractivity contribution in [2.75, 3.05) is 10.6 Å². The number of amides is 2. The second-order valence-electron chi connectivity index (χ2n) is 5.36. The average molecular weight is 338 g/mol. The average Bonchev–Trinajstić information content (AvgIpc) is 3.09. The van der Waals surface area contributed by atoms with Gasteiger partial charge in [0.15, 0.2) is 5.69 Å². The molecule has 0 spiro atoms. The third-order valence-electron chi connectivity index (χ3n) is 3.58. The predicted octanol–water partition coefficient (Wildman–Crippen LogP) is 3.36. The Bertz CT molecular complexity index is 919. The smallest absolute Gasteiger partial charge is 0.276 e. The van der Waals surface area contributed by atoms with Crippen molar-refractivity contribution in [3.05, 3.63) is 77.6 Å². The normalized spacial score (nSPS) is 10.3. The highest BCUT2D eigenvalue weighted by Gasteiger charge is 2.21. The Labute approximate surface area is 143 Å². The van der Waals surface area contributed by atoms with Crippen LogP contribution >= 0.6 is 0 Å². The molecule has 0 atom stereocenters. The van der Waals surface area contributed by atoms with Crippen LogP contribution in [0.5, 0.6) is 0 Å². The molecule has 7 heteroatoms. The van der Waals surface area contributed by atoms with Crippen molar-refractivity contribution in [1.82, 2.24) is 9.97 Å². The van der Waals surface area contributed by atoms with E-state index in [9.17, 15) is 14.0 Å². The molecule has 25 heavy (non-hydrogen) atoms. The molecule has 1 heterocycles. The first-order chi connectivity index (χ1) is 12.0. The van der Waals surface area contributed by atoms with Crippen LogP contribution in [0.15, 0.2) is 54.9 Å². The number of nitrogens with one attached hydrogen (secondary N) is 3. The third-order valence-corrected chi connectivity index (χ3v) is 3.58. The second kappa shape index (κ2) is 6.96. The van der Waals surface area contributed by atoms with Crippen LogP contribution in [0, 0.1) is 12.7 Å². The van der Waals surface area contributed by atoms with Gasteiger partial charge in [-0.3, -0.25) is 9.59 Å². The fraction of sp³-hybridized carbons (Fsp3) is 0.0556. The molecular formula is C18H15FN4O2. The zero-order chi connectivity index (χ0) is 17.8. The van der Waals surface area contributed by atoms with E-state index in [1.54, 1.807) is 12.1 Å². The number of para-hydroxylation sites is 1. The first-order valence-corrected chi connectivity index (χ1v) is 7.52. The number of benzene rings is 2. The molecule has 0 unspecified atom stereocenters. The molecule has 0 saturated heterocycles. The van der Waals surface area contributed by atoms with E-state index in [0.29, 0.717) is 11.4 Å². The van der Waals surface area contributed by atoms with Gasteiger partial charge in [0.25, 0.3) is 11.8 Å². The van der Waals surface area contributed by atoms with E-state index < -0.39 is 17.6 Å². The molecule has 3 rings (SSSR count). The highest BCUT2D eigenvalue weighted by atomic mass is 19.1. The van der Waals surface area contributed by atoms with Crippen LogP contribution in [0.4, 0.5) is 15.8 Å². The fourth-order valence-electron chi connectivity index (χ4n) is 2.26. The maximum Gasteiger partial charge on any atom is 0.276 e. The highest BCUT2D eigenvalue weighted by molar-refractivity contribution is 6.13. The first kappa shape index (κ1) is 16.4. The minimum absolute atomic E-state index is 0.0443. The van der Waals surface area contributed by atoms with Crippen molar-refractivity contribution < 1.29 is 14.0 Å². The molecule has 0 bridgehead atoms. The molecule has 0 aliphatic rings. The van der Waals surface area contributed by atoms with Gasteiger partial charge in [-0.2, -0.15) is 0 Å². The molecule has 3 aromatic rings. The summed E-state index contributed by atoms with van der Waals surface area (Å²) in [6.45, 7) is 1.87. The lowest BCUT2D eigenvalue weighted by atomic mass is 10.2. The third kappa shape index (κ3) is 3.72. The maximum atomic E-state index is 12.9. The number of imidazole rings is 1. The molecule has 2 aromatic carbocycles. The van der Waals surface area contributed by atoms with Gasteiger partial charge in [0.05, 0.1) is 6.33 Å². The number of aromatic amines is 1. The van der Waals surface area contributed by atoms with E-state index in [2.05, 4.69) is 20.6 Å². The van der Waals surface area contributed by atoms with Crippen LogP contribution in [0.1, 0.15) is 26.5 Å². The number of carbonyl (C=O) groups excluding carboxylic acids is 2. The number of aromatic nitrogens is 2. The fourth-order valence-corrected chi connectivity index (χ4v) is 2.26. The number of aryl methyl sites for hydroxylation is 1. The van der Waals surface area contributed by atoms with E-state index in [-0.39, 0.29) is 11.4 Å². The molecule has 0 aliphatic heterocycles. The Balaban J connectivity index is 1.77. The molecule has 0 fully saturated rings. The highest BCUT2D eigenvalue weighted by Crippen LogP contribution is 2.16. The SMILES string of the molecule is Cc1ccccc1NC(=O)c1[nH]cnc1C(=O)Nc1ccc(F)cc1. The zero-order valence-corrected chi connectivity index (χ0v) is 13.3. The van der Waals surface area contributed by atoms with E-state index in [4.69, 9.17) is 0 Å². The van der Waals surface area contributed by atoms with Crippen molar-refractivity contribution in [3.63, 3.8) is 0 Å². The van der Waals surface area contributed by atoms with Gasteiger partial charge in [0, 0.05) is 11.4 Å². The van der Waals surface area contributed by atoms with Crippen molar-refractivity contribution in [1.29, 1.82) is 0 Å². The van der Waals surface area contributed by atoms with Crippen LogP contribution in [0.25, 0.3) is 0 Å². The lowest BCUT2D eigenvalue weighted by Gasteiger charge is -2.08. The lowest BCUT2D eigenvalue weighted by molar-refractivity contribution is 0.0985. The van der Waals surface area contributed by atoms with Crippen LogP contribution < -0.4 is 10.6 Å². The molecule has 2 amide bonds. The van der Waals surface area contributed by atoms with Crippen molar-refractivity contribution in [3.8, 4) is 0 Å². The van der Waals surface area contributed by atoms with Crippen molar-refractivity contribution in [2.45, 2.75) is 6.92 Å². The van der Waals surface area contributed by atoms with E-state index in [0.717, 1.165) is 5.56 Å². The molecule has 1 aromatic heterocycles. The van der Waals surface area contributed by atoms with Gasteiger partial charge in [0.1, 0.15) is 11.5 Å². The number of hydrogen-bond donors (Lipinski definition) is 3. The van der Waals surface area contributed by atoms with Gasteiger partial charge < -0.3 is 15.6 Å². The Kier molecular flexibility index (Phi) is 4.56. The predicted molar refractivity (Wildman–Crippen MR) is 92.1 cm³/mol. The number of nitrogens with zero attached hydrogens (tertiary/aromatic N) is 1. The summed E-state index contributed by atoms with van der Waals surface area (Å²) in [4.78, 5) is 31.4. The van der Waals surface area contributed by atoms with Crippen molar-refractivity contribution >= 4 is 23.2 Å². The summed E-state index contributed by atoms with van der Waals surface area (Å²) in [5, 5.41) is 5.31. The molecule has 3 N–H and O–H groups in total. The Morgan fingerprint density at radius 3 is 2.44 bits per heavy atom. The van der Waals surface area contributed by atoms with E-state index >= 15 is 0 Å². The molecule has 0 radical (unpaired) electrons. The summed E-state index contributed by atoms with van der Waals surface area (Å²) < 4.78 is 12.9. The number of hydrogen-bond acceptors (Lipinski definition) is 3. The van der Waals surface area contributed by atoms with Gasteiger partial charge in [-0.15, -0.1) is 0 Å². The summed E-state index contributed by atoms with van der Waals surface area (Å²) in [7, 11) is 0. The summed E-state index contributed by atoms with van der Waals surface area (Å²) in [5.41, 5.74) is 1.94. The zero-order valence-electron chi connectivity index (χ0n) is 13.3. The van der Waals surface area contributed by atoms with Gasteiger partial charge in [0.2, 0.25) is 0 Å². The van der Waals surface area contributed by atoms with E-state index in [1.807, 2.05) is 19.1 Å². The summed E-state index contributed by atoms with van der Waals surface area (Å²) >= 11 is 0. The summed E-state index contributed by atoms with van der Waals surface area (Å²) in [6, 6.07) is 12.6. The molecule has 0 saturated carbocycles. The van der Waals surface area contributed by atoms with Crippen LogP contribution in [-0.2, 0) is 0 Å². The number of halogens is 1. The number of rotatable bonds is 4. The molecule has 6 nitrogen and oxygen atoms in total. The van der Waals surface area contributed by atoms with Crippen LogP contribution in [0.2, 0.25) is 0 Å².